The summed E-state index contributed by atoms with van der Waals surface area (Å²) >= 11 is 1.71. The Hall–Kier alpha value is -2.92. The van der Waals surface area contributed by atoms with E-state index in [-0.39, 0.29) is 0 Å². The van der Waals surface area contributed by atoms with E-state index < -0.39 is 5.97 Å². The number of esters is 1. The van der Waals surface area contributed by atoms with Crippen LogP contribution in [0.4, 0.5) is 0 Å². The van der Waals surface area contributed by atoms with Crippen molar-refractivity contribution >= 4 is 27.4 Å². The van der Waals surface area contributed by atoms with Crippen LogP contribution in [0.1, 0.15) is 17.4 Å². The van der Waals surface area contributed by atoms with Crippen LogP contribution in [-0.4, -0.2) is 22.1 Å². The van der Waals surface area contributed by atoms with Crippen molar-refractivity contribution in [2.24, 2.45) is 0 Å². The second-order valence-corrected chi connectivity index (χ2v) is 6.49. The van der Waals surface area contributed by atoms with Crippen molar-refractivity contribution in [3.05, 3.63) is 72.0 Å². The minimum atomic E-state index is -0.406. The number of benzene rings is 2. The van der Waals surface area contributed by atoms with Gasteiger partial charge in [-0.05, 0) is 42.0 Å². The molecule has 0 saturated carbocycles. The number of imidazole rings is 1. The molecule has 0 spiro atoms. The lowest BCUT2D eigenvalue weighted by Crippen LogP contribution is -2.08. The molecule has 0 saturated heterocycles. The summed E-state index contributed by atoms with van der Waals surface area (Å²) in [6, 6.07) is 18.1. The second kappa shape index (κ2) is 6.53. The van der Waals surface area contributed by atoms with Crippen LogP contribution in [0.3, 0.4) is 0 Å². The Balaban J connectivity index is 1.91. The van der Waals surface area contributed by atoms with E-state index >= 15 is 0 Å². The largest absolute Gasteiger partial charge is 0.461 e. The Labute approximate surface area is 149 Å². The predicted octanol–water partition coefficient (Wildman–Crippen LogP) is 4.93. The molecule has 4 aromatic rings. The lowest BCUT2D eigenvalue weighted by Gasteiger charge is -2.10. The van der Waals surface area contributed by atoms with Crippen molar-refractivity contribution in [2.45, 2.75) is 6.92 Å². The Morgan fingerprint density at radius 1 is 1.16 bits per heavy atom. The maximum atomic E-state index is 12.4. The SMILES string of the molecule is CCOC(=O)c1ncn(-c2ccc3sccc3c2)c1-c1ccccc1. The summed E-state index contributed by atoms with van der Waals surface area (Å²) in [5, 5.41) is 3.25. The summed E-state index contributed by atoms with van der Waals surface area (Å²) in [6.07, 6.45) is 1.68. The smallest absolute Gasteiger partial charge is 0.359 e. The molecule has 4 rings (SSSR count). The number of carbonyl (C=O) groups is 1. The third kappa shape index (κ3) is 2.83. The van der Waals surface area contributed by atoms with Crippen LogP contribution in [0.15, 0.2) is 66.3 Å². The van der Waals surface area contributed by atoms with E-state index in [1.807, 2.05) is 41.0 Å². The van der Waals surface area contributed by atoms with Gasteiger partial charge in [-0.1, -0.05) is 30.3 Å². The van der Waals surface area contributed by atoms with E-state index in [1.54, 1.807) is 24.6 Å². The van der Waals surface area contributed by atoms with Gasteiger partial charge in [0.05, 0.1) is 12.3 Å². The van der Waals surface area contributed by atoms with Gasteiger partial charge in [0.15, 0.2) is 5.69 Å². The summed E-state index contributed by atoms with van der Waals surface area (Å²) in [5.41, 5.74) is 2.97. The van der Waals surface area contributed by atoms with Crippen molar-refractivity contribution in [2.75, 3.05) is 6.61 Å². The van der Waals surface area contributed by atoms with Crippen molar-refractivity contribution in [3.8, 4) is 16.9 Å². The van der Waals surface area contributed by atoms with E-state index in [2.05, 4.69) is 28.6 Å². The maximum absolute atomic E-state index is 12.4. The quantitative estimate of drug-likeness (QED) is 0.491. The fourth-order valence-corrected chi connectivity index (χ4v) is 3.64. The molecule has 4 nitrogen and oxygen atoms in total. The van der Waals surface area contributed by atoms with E-state index in [1.165, 1.54) is 10.1 Å². The molecule has 2 aromatic carbocycles. The zero-order chi connectivity index (χ0) is 17.2. The molecule has 2 aromatic heterocycles. The zero-order valence-corrected chi connectivity index (χ0v) is 14.5. The van der Waals surface area contributed by atoms with Crippen LogP contribution in [0.5, 0.6) is 0 Å². The van der Waals surface area contributed by atoms with E-state index in [0.29, 0.717) is 12.3 Å². The molecular formula is C20H16N2O2S. The molecule has 0 unspecified atom stereocenters. The van der Waals surface area contributed by atoms with Gasteiger partial charge in [0.25, 0.3) is 0 Å². The van der Waals surface area contributed by atoms with Gasteiger partial charge in [0.1, 0.15) is 6.33 Å². The number of hydrogen-bond donors (Lipinski definition) is 0. The van der Waals surface area contributed by atoms with Crippen LogP contribution in [0, 0.1) is 0 Å². The van der Waals surface area contributed by atoms with E-state index in [0.717, 1.165) is 16.9 Å². The Morgan fingerprint density at radius 3 is 2.80 bits per heavy atom. The molecule has 0 aliphatic rings. The third-order valence-corrected chi connectivity index (χ3v) is 4.90. The predicted molar refractivity (Wildman–Crippen MR) is 100 cm³/mol. The molecule has 0 aliphatic carbocycles. The molecule has 0 N–H and O–H groups in total. The van der Waals surface area contributed by atoms with Crippen LogP contribution in [-0.2, 0) is 4.74 Å². The molecule has 0 aliphatic heterocycles. The molecule has 0 atom stereocenters. The Bertz CT molecular complexity index is 1030. The summed E-state index contributed by atoms with van der Waals surface area (Å²) in [4.78, 5) is 16.7. The Morgan fingerprint density at radius 2 is 2.00 bits per heavy atom. The third-order valence-electron chi connectivity index (χ3n) is 4.00. The van der Waals surface area contributed by atoms with Crippen molar-refractivity contribution < 1.29 is 9.53 Å². The van der Waals surface area contributed by atoms with Crippen LogP contribution in [0.25, 0.3) is 27.0 Å². The summed E-state index contributed by atoms with van der Waals surface area (Å²) in [5.74, 6) is -0.406. The number of nitrogens with zero attached hydrogens (tertiary/aromatic N) is 2. The van der Waals surface area contributed by atoms with Crippen LogP contribution in [0.2, 0.25) is 0 Å². The highest BCUT2D eigenvalue weighted by atomic mass is 32.1. The summed E-state index contributed by atoms with van der Waals surface area (Å²) in [6.45, 7) is 2.11. The van der Waals surface area contributed by atoms with Crippen molar-refractivity contribution in [3.63, 3.8) is 0 Å². The molecule has 0 bridgehead atoms. The first kappa shape index (κ1) is 15.6. The number of rotatable bonds is 4. The normalized spacial score (nSPS) is 10.9. The topological polar surface area (TPSA) is 44.1 Å². The first-order valence-electron chi connectivity index (χ1n) is 8.05. The minimum Gasteiger partial charge on any atom is -0.461 e. The van der Waals surface area contributed by atoms with Gasteiger partial charge < -0.3 is 4.74 Å². The first-order chi connectivity index (χ1) is 12.3. The van der Waals surface area contributed by atoms with Gasteiger partial charge in [-0.3, -0.25) is 4.57 Å². The van der Waals surface area contributed by atoms with Crippen LogP contribution < -0.4 is 0 Å². The zero-order valence-electron chi connectivity index (χ0n) is 13.7. The standard InChI is InChI=1S/C20H16N2O2S/c1-2-24-20(23)18-19(14-6-4-3-5-7-14)22(13-21-18)16-8-9-17-15(12-16)10-11-25-17/h3-13H,2H2,1H3. The molecule has 0 radical (unpaired) electrons. The average Bonchev–Trinajstić information content (AvgIpc) is 3.28. The second-order valence-electron chi connectivity index (χ2n) is 5.54. The van der Waals surface area contributed by atoms with Crippen molar-refractivity contribution in [1.82, 2.24) is 9.55 Å². The van der Waals surface area contributed by atoms with Gasteiger partial charge in [-0.25, -0.2) is 9.78 Å². The van der Waals surface area contributed by atoms with E-state index in [4.69, 9.17) is 4.74 Å². The van der Waals surface area contributed by atoms with Gasteiger partial charge in [0.2, 0.25) is 0 Å². The van der Waals surface area contributed by atoms with Gasteiger partial charge >= 0.3 is 5.97 Å². The molecule has 0 amide bonds. The van der Waals surface area contributed by atoms with Gasteiger partial charge in [0, 0.05) is 16.0 Å². The molecule has 0 fully saturated rings. The fourth-order valence-electron chi connectivity index (χ4n) is 2.87. The average molecular weight is 348 g/mol. The fraction of sp³-hybridized carbons (Fsp3) is 0.100. The molecule has 124 valence electrons. The minimum absolute atomic E-state index is 0.320. The maximum Gasteiger partial charge on any atom is 0.359 e. The highest BCUT2D eigenvalue weighted by Crippen LogP contribution is 2.29. The number of carbonyl (C=O) groups excluding carboxylic acids is 1. The van der Waals surface area contributed by atoms with E-state index in [9.17, 15) is 4.79 Å². The lowest BCUT2D eigenvalue weighted by atomic mass is 10.1. The monoisotopic (exact) mass is 348 g/mol. The van der Waals surface area contributed by atoms with Gasteiger partial charge in [-0.2, -0.15) is 0 Å². The summed E-state index contributed by atoms with van der Waals surface area (Å²) < 4.78 is 8.36. The number of hydrogen-bond acceptors (Lipinski definition) is 4. The van der Waals surface area contributed by atoms with Crippen molar-refractivity contribution in [1.29, 1.82) is 0 Å². The highest BCUT2D eigenvalue weighted by molar-refractivity contribution is 7.17. The molecule has 25 heavy (non-hydrogen) atoms. The number of aromatic nitrogens is 2. The lowest BCUT2D eigenvalue weighted by molar-refractivity contribution is 0.0521. The Kier molecular flexibility index (Phi) is 4.07. The number of fused-ring (bicyclic) bond motifs is 1. The number of ether oxygens (including phenoxy) is 1. The summed E-state index contributed by atoms with van der Waals surface area (Å²) in [7, 11) is 0. The molecule has 2 heterocycles. The first-order valence-corrected chi connectivity index (χ1v) is 8.93. The van der Waals surface area contributed by atoms with Gasteiger partial charge in [-0.15, -0.1) is 11.3 Å². The van der Waals surface area contributed by atoms with Crippen LogP contribution >= 0.6 is 11.3 Å². The highest BCUT2D eigenvalue weighted by Gasteiger charge is 2.21. The molecular weight excluding hydrogens is 332 g/mol. The molecule has 5 heteroatoms. The number of thiophene rings is 1.